The molecule has 1 atom stereocenters. The molecule has 18 heavy (non-hydrogen) atoms. The number of aromatic amines is 1. The summed E-state index contributed by atoms with van der Waals surface area (Å²) in [6.07, 6.45) is -4.28. The summed E-state index contributed by atoms with van der Waals surface area (Å²) in [4.78, 5) is 3.77. The molecule has 0 bridgehead atoms. The number of halogens is 3. The van der Waals surface area contributed by atoms with Gasteiger partial charge in [-0.05, 0) is 30.2 Å². The van der Waals surface area contributed by atoms with Crippen molar-refractivity contribution in [1.82, 2.24) is 15.2 Å². The van der Waals surface area contributed by atoms with Gasteiger partial charge >= 0.3 is 6.18 Å². The van der Waals surface area contributed by atoms with Crippen LogP contribution in [0.5, 0.6) is 0 Å². The molecule has 1 aromatic carbocycles. The third-order valence-electron chi connectivity index (χ3n) is 2.58. The van der Waals surface area contributed by atoms with Crippen LogP contribution < -0.4 is 0 Å². The summed E-state index contributed by atoms with van der Waals surface area (Å²) >= 11 is 0. The molecule has 0 radical (unpaired) electrons. The topological polar surface area (TPSA) is 61.8 Å². The van der Waals surface area contributed by atoms with Crippen LogP contribution in [0.2, 0.25) is 0 Å². The zero-order valence-corrected chi connectivity index (χ0v) is 9.36. The number of hydrogen-bond donors (Lipinski definition) is 2. The van der Waals surface area contributed by atoms with Crippen LogP contribution >= 0.6 is 0 Å². The molecule has 2 N–H and O–H groups in total. The largest absolute Gasteiger partial charge is 0.416 e. The van der Waals surface area contributed by atoms with Gasteiger partial charge in [0.1, 0.15) is 12.4 Å². The third-order valence-corrected chi connectivity index (χ3v) is 2.58. The van der Waals surface area contributed by atoms with E-state index in [4.69, 9.17) is 0 Å². The molecule has 7 heteroatoms. The van der Waals surface area contributed by atoms with E-state index in [0.29, 0.717) is 11.1 Å². The second kappa shape index (κ2) is 4.41. The number of H-pyrrole nitrogens is 1. The average molecular weight is 257 g/mol. The Balaban J connectivity index is 2.36. The first-order chi connectivity index (χ1) is 8.39. The summed E-state index contributed by atoms with van der Waals surface area (Å²) in [6, 6.07) is 3.17. The molecule has 0 saturated carbocycles. The van der Waals surface area contributed by atoms with Crippen molar-refractivity contribution in [3.8, 4) is 0 Å². The Hall–Kier alpha value is -1.89. The first kappa shape index (κ1) is 12.6. The smallest absolute Gasteiger partial charge is 0.380 e. The van der Waals surface area contributed by atoms with Crippen molar-refractivity contribution in [3.63, 3.8) is 0 Å². The van der Waals surface area contributed by atoms with Gasteiger partial charge in [0.05, 0.1) is 5.56 Å². The monoisotopic (exact) mass is 257 g/mol. The molecule has 4 nitrogen and oxygen atoms in total. The van der Waals surface area contributed by atoms with Gasteiger partial charge in [-0.25, -0.2) is 4.98 Å². The second-order valence-electron chi connectivity index (χ2n) is 3.84. The fourth-order valence-corrected chi connectivity index (χ4v) is 1.65. The van der Waals surface area contributed by atoms with Crippen LogP contribution in [-0.2, 0) is 6.18 Å². The maximum Gasteiger partial charge on any atom is 0.416 e. The maximum atomic E-state index is 12.5. The molecule has 2 rings (SSSR count). The van der Waals surface area contributed by atoms with Crippen molar-refractivity contribution < 1.29 is 18.3 Å². The molecule has 0 fully saturated rings. The third kappa shape index (κ3) is 2.35. The summed E-state index contributed by atoms with van der Waals surface area (Å²) in [6.45, 7) is 1.50. The van der Waals surface area contributed by atoms with Crippen LogP contribution in [0.1, 0.15) is 28.6 Å². The number of aryl methyl sites for hydroxylation is 1. The Morgan fingerprint density at radius 3 is 2.56 bits per heavy atom. The number of aliphatic hydroxyl groups excluding tert-OH is 1. The van der Waals surface area contributed by atoms with Gasteiger partial charge in [0.15, 0.2) is 5.82 Å². The van der Waals surface area contributed by atoms with Gasteiger partial charge in [-0.2, -0.15) is 18.3 Å². The fourth-order valence-electron chi connectivity index (χ4n) is 1.65. The normalized spacial score (nSPS) is 13.6. The van der Waals surface area contributed by atoms with Crippen molar-refractivity contribution in [3.05, 3.63) is 47.0 Å². The first-order valence-electron chi connectivity index (χ1n) is 5.10. The van der Waals surface area contributed by atoms with Gasteiger partial charge in [0, 0.05) is 0 Å². The average Bonchev–Trinajstić information content (AvgIpc) is 2.80. The van der Waals surface area contributed by atoms with E-state index in [0.717, 1.165) is 12.1 Å². The van der Waals surface area contributed by atoms with Crippen LogP contribution in [0.3, 0.4) is 0 Å². The zero-order valence-electron chi connectivity index (χ0n) is 9.36. The standard InChI is InChI=1S/C11H10F3N3O/c1-6-4-7(11(12,13)14)2-3-8(6)9(18)10-15-5-16-17-10/h2-5,9,18H,1H3,(H,15,16,17). The summed E-state index contributed by atoms with van der Waals surface area (Å²) in [5, 5.41) is 16.0. The van der Waals surface area contributed by atoms with Crippen molar-refractivity contribution >= 4 is 0 Å². The Morgan fingerprint density at radius 1 is 1.33 bits per heavy atom. The van der Waals surface area contributed by atoms with Gasteiger partial charge in [0.25, 0.3) is 0 Å². The van der Waals surface area contributed by atoms with Gasteiger partial charge in [-0.15, -0.1) is 0 Å². The molecule has 0 aliphatic rings. The van der Waals surface area contributed by atoms with Crippen LogP contribution in [0.4, 0.5) is 13.2 Å². The molecule has 0 amide bonds. The van der Waals surface area contributed by atoms with E-state index in [-0.39, 0.29) is 5.82 Å². The lowest BCUT2D eigenvalue weighted by molar-refractivity contribution is -0.137. The van der Waals surface area contributed by atoms with Crippen LogP contribution in [-0.4, -0.2) is 20.3 Å². The van der Waals surface area contributed by atoms with Crippen LogP contribution in [0, 0.1) is 6.92 Å². The quantitative estimate of drug-likeness (QED) is 0.867. The highest BCUT2D eigenvalue weighted by Gasteiger charge is 2.31. The summed E-state index contributed by atoms with van der Waals surface area (Å²) < 4.78 is 37.4. The van der Waals surface area contributed by atoms with Gasteiger partial charge < -0.3 is 5.11 Å². The molecular formula is C11H10F3N3O. The predicted octanol–water partition coefficient (Wildman–Crippen LogP) is 2.21. The second-order valence-corrected chi connectivity index (χ2v) is 3.84. The number of aromatic nitrogens is 3. The van der Waals surface area contributed by atoms with Crippen molar-refractivity contribution in [2.24, 2.45) is 0 Å². The lowest BCUT2D eigenvalue weighted by Crippen LogP contribution is -2.09. The van der Waals surface area contributed by atoms with Crippen molar-refractivity contribution in [2.75, 3.05) is 0 Å². The number of benzene rings is 1. The number of hydrogen-bond acceptors (Lipinski definition) is 3. The summed E-state index contributed by atoms with van der Waals surface area (Å²) in [5.41, 5.74) is -0.0398. The van der Waals surface area contributed by atoms with E-state index in [9.17, 15) is 18.3 Å². The van der Waals surface area contributed by atoms with Crippen LogP contribution in [0.15, 0.2) is 24.5 Å². The molecule has 0 saturated heterocycles. The SMILES string of the molecule is Cc1cc(C(F)(F)F)ccc1C(O)c1ncn[nH]1. The highest BCUT2D eigenvalue weighted by Crippen LogP contribution is 2.32. The van der Waals surface area contributed by atoms with Gasteiger partial charge in [0.2, 0.25) is 0 Å². The molecule has 0 aliphatic carbocycles. The van der Waals surface area contributed by atoms with E-state index in [2.05, 4.69) is 15.2 Å². The number of nitrogens with one attached hydrogen (secondary N) is 1. The van der Waals surface area contributed by atoms with Gasteiger partial charge in [-0.1, -0.05) is 6.07 Å². The predicted molar refractivity (Wildman–Crippen MR) is 56.6 cm³/mol. The summed E-state index contributed by atoms with van der Waals surface area (Å²) in [5.74, 6) is 0.192. The van der Waals surface area contributed by atoms with Gasteiger partial charge in [-0.3, -0.25) is 5.10 Å². The molecule has 2 aromatic rings. The molecule has 0 aliphatic heterocycles. The van der Waals surface area contributed by atoms with E-state index in [1.807, 2.05) is 0 Å². The first-order valence-corrected chi connectivity index (χ1v) is 5.10. The van der Waals surface area contributed by atoms with E-state index >= 15 is 0 Å². The molecule has 1 heterocycles. The fraction of sp³-hybridized carbons (Fsp3) is 0.273. The van der Waals surface area contributed by atoms with Crippen molar-refractivity contribution in [1.29, 1.82) is 0 Å². The van der Waals surface area contributed by atoms with Crippen molar-refractivity contribution in [2.45, 2.75) is 19.2 Å². The Morgan fingerprint density at radius 2 is 2.06 bits per heavy atom. The number of aliphatic hydroxyl groups is 1. The molecule has 1 unspecified atom stereocenters. The number of rotatable bonds is 2. The zero-order chi connectivity index (χ0) is 13.3. The van der Waals surface area contributed by atoms with E-state index < -0.39 is 17.8 Å². The number of nitrogens with zero attached hydrogens (tertiary/aromatic N) is 2. The van der Waals surface area contributed by atoms with Crippen LogP contribution in [0.25, 0.3) is 0 Å². The highest BCUT2D eigenvalue weighted by molar-refractivity contribution is 5.35. The Kier molecular flexibility index (Phi) is 3.08. The lowest BCUT2D eigenvalue weighted by atomic mass is 10.00. The van der Waals surface area contributed by atoms with E-state index in [1.54, 1.807) is 0 Å². The summed E-state index contributed by atoms with van der Waals surface area (Å²) in [7, 11) is 0. The molecule has 0 spiro atoms. The maximum absolute atomic E-state index is 12.5. The molecular weight excluding hydrogens is 247 g/mol. The van der Waals surface area contributed by atoms with E-state index in [1.165, 1.54) is 19.3 Å². The Labute approximate surface area is 100 Å². The minimum atomic E-state index is -4.39. The highest BCUT2D eigenvalue weighted by atomic mass is 19.4. The Bertz CT molecular complexity index is 537. The molecule has 96 valence electrons. The lowest BCUT2D eigenvalue weighted by Gasteiger charge is -2.14. The minimum absolute atomic E-state index is 0.192. The minimum Gasteiger partial charge on any atom is -0.380 e. The number of alkyl halides is 3. The molecule has 1 aromatic heterocycles.